The Kier molecular flexibility index (Phi) is 5.11. The molecule has 1 atom stereocenters. The fraction of sp³-hybridized carbons (Fsp3) is 0.462. The van der Waals surface area contributed by atoms with E-state index in [1.165, 1.54) is 6.07 Å². The standard InChI is InChI=1S/C13H17FN2O.ClH/c1-9-7-11(3-4-12(9)14)13(17)16-6-5-15-8-10(16)2;/h3-4,7,10,15H,5-6,8H2,1-2H3;1H/t10-;/m1./s1. The molecule has 0 radical (unpaired) electrons. The molecule has 1 aromatic carbocycles. The van der Waals surface area contributed by atoms with Gasteiger partial charge in [0.25, 0.3) is 5.91 Å². The number of amides is 1. The molecule has 0 aromatic heterocycles. The molecule has 0 bridgehead atoms. The maximum Gasteiger partial charge on any atom is 0.254 e. The van der Waals surface area contributed by atoms with Crippen LogP contribution in [0.1, 0.15) is 22.8 Å². The van der Waals surface area contributed by atoms with E-state index in [1.807, 2.05) is 11.8 Å². The first kappa shape index (κ1) is 14.9. The molecule has 18 heavy (non-hydrogen) atoms. The first-order chi connectivity index (χ1) is 8.09. The van der Waals surface area contributed by atoms with Crippen molar-refractivity contribution >= 4 is 18.3 Å². The lowest BCUT2D eigenvalue weighted by atomic mass is 10.1. The summed E-state index contributed by atoms with van der Waals surface area (Å²) in [6, 6.07) is 4.71. The number of halogens is 2. The van der Waals surface area contributed by atoms with Crippen LogP contribution in [0.5, 0.6) is 0 Å². The van der Waals surface area contributed by atoms with Gasteiger partial charge in [0.2, 0.25) is 0 Å². The van der Waals surface area contributed by atoms with Crippen molar-refractivity contribution in [2.45, 2.75) is 19.9 Å². The molecule has 0 spiro atoms. The van der Waals surface area contributed by atoms with Crippen molar-refractivity contribution in [1.82, 2.24) is 10.2 Å². The smallest absolute Gasteiger partial charge is 0.254 e. The Morgan fingerprint density at radius 1 is 1.50 bits per heavy atom. The van der Waals surface area contributed by atoms with Gasteiger partial charge in [-0.25, -0.2) is 4.39 Å². The molecule has 1 aliphatic rings. The first-order valence-corrected chi connectivity index (χ1v) is 5.87. The average Bonchev–Trinajstić information content (AvgIpc) is 2.32. The maximum atomic E-state index is 13.1. The molecule has 0 saturated carbocycles. The lowest BCUT2D eigenvalue weighted by Crippen LogP contribution is -2.52. The number of hydrogen-bond acceptors (Lipinski definition) is 2. The Morgan fingerprint density at radius 2 is 2.22 bits per heavy atom. The molecule has 0 aliphatic carbocycles. The largest absolute Gasteiger partial charge is 0.333 e. The van der Waals surface area contributed by atoms with Gasteiger partial charge < -0.3 is 10.2 Å². The van der Waals surface area contributed by atoms with E-state index in [-0.39, 0.29) is 30.2 Å². The van der Waals surface area contributed by atoms with Crippen LogP contribution in [0.15, 0.2) is 18.2 Å². The normalized spacial score (nSPS) is 19.3. The molecular weight excluding hydrogens is 255 g/mol. The maximum absolute atomic E-state index is 13.1. The topological polar surface area (TPSA) is 32.3 Å². The quantitative estimate of drug-likeness (QED) is 0.848. The Hall–Kier alpha value is -1.13. The van der Waals surface area contributed by atoms with Crippen molar-refractivity contribution in [2.24, 2.45) is 0 Å². The molecule has 1 N–H and O–H groups in total. The van der Waals surface area contributed by atoms with Gasteiger partial charge in [-0.2, -0.15) is 0 Å². The average molecular weight is 273 g/mol. The molecule has 1 aliphatic heterocycles. The van der Waals surface area contributed by atoms with Crippen molar-refractivity contribution in [2.75, 3.05) is 19.6 Å². The lowest BCUT2D eigenvalue weighted by Gasteiger charge is -2.34. The van der Waals surface area contributed by atoms with Crippen molar-refractivity contribution in [3.8, 4) is 0 Å². The summed E-state index contributed by atoms with van der Waals surface area (Å²) in [7, 11) is 0. The Balaban J connectivity index is 0.00000162. The molecule has 1 heterocycles. The van der Waals surface area contributed by atoms with Gasteiger partial charge in [0.15, 0.2) is 0 Å². The number of nitrogens with zero attached hydrogens (tertiary/aromatic N) is 1. The zero-order valence-electron chi connectivity index (χ0n) is 10.6. The number of benzene rings is 1. The predicted molar refractivity (Wildman–Crippen MR) is 71.8 cm³/mol. The molecule has 1 amide bonds. The van der Waals surface area contributed by atoms with Gasteiger partial charge in [-0.1, -0.05) is 0 Å². The van der Waals surface area contributed by atoms with Crippen molar-refractivity contribution in [1.29, 1.82) is 0 Å². The molecule has 100 valence electrons. The number of hydrogen-bond donors (Lipinski definition) is 1. The van der Waals surface area contributed by atoms with Gasteiger partial charge in [0.05, 0.1) is 0 Å². The third-order valence-corrected chi connectivity index (χ3v) is 3.17. The Labute approximate surface area is 113 Å². The van der Waals surface area contributed by atoms with E-state index >= 15 is 0 Å². The minimum atomic E-state index is -0.269. The summed E-state index contributed by atoms with van der Waals surface area (Å²) in [5.74, 6) is -0.281. The molecule has 1 saturated heterocycles. The molecule has 3 nitrogen and oxygen atoms in total. The molecule has 1 aromatic rings. The minimum Gasteiger partial charge on any atom is -0.333 e. The van der Waals surface area contributed by atoms with E-state index < -0.39 is 0 Å². The zero-order chi connectivity index (χ0) is 12.4. The molecule has 5 heteroatoms. The Morgan fingerprint density at radius 3 is 2.83 bits per heavy atom. The van der Waals surface area contributed by atoms with E-state index in [4.69, 9.17) is 0 Å². The van der Waals surface area contributed by atoms with Crippen LogP contribution in [-0.4, -0.2) is 36.5 Å². The molecule has 2 rings (SSSR count). The summed E-state index contributed by atoms with van der Waals surface area (Å²) in [5.41, 5.74) is 1.08. The molecule has 1 fully saturated rings. The van der Waals surface area contributed by atoms with Gasteiger partial charge in [0.1, 0.15) is 5.82 Å². The predicted octanol–water partition coefficient (Wildman–Crippen LogP) is 1.99. The Bertz CT molecular complexity index is 439. The summed E-state index contributed by atoms with van der Waals surface area (Å²) in [4.78, 5) is 14.1. The van der Waals surface area contributed by atoms with E-state index in [0.717, 1.165) is 13.1 Å². The summed E-state index contributed by atoms with van der Waals surface area (Å²) < 4.78 is 13.1. The van der Waals surface area contributed by atoms with E-state index in [9.17, 15) is 9.18 Å². The van der Waals surface area contributed by atoms with Crippen LogP contribution < -0.4 is 5.32 Å². The number of nitrogens with one attached hydrogen (secondary N) is 1. The van der Waals surface area contributed by atoms with E-state index in [1.54, 1.807) is 19.1 Å². The fourth-order valence-electron chi connectivity index (χ4n) is 2.09. The van der Waals surface area contributed by atoms with Gasteiger partial charge in [0, 0.05) is 31.2 Å². The number of rotatable bonds is 1. The highest BCUT2D eigenvalue weighted by Crippen LogP contribution is 2.14. The third kappa shape index (κ3) is 3.00. The van der Waals surface area contributed by atoms with E-state index in [2.05, 4.69) is 5.32 Å². The fourth-order valence-corrected chi connectivity index (χ4v) is 2.09. The second kappa shape index (κ2) is 6.16. The van der Waals surface area contributed by atoms with Gasteiger partial charge in [-0.05, 0) is 37.6 Å². The minimum absolute atomic E-state index is 0. The van der Waals surface area contributed by atoms with E-state index in [0.29, 0.717) is 17.7 Å². The summed E-state index contributed by atoms with van der Waals surface area (Å²) in [6.07, 6.45) is 0. The van der Waals surface area contributed by atoms with Gasteiger partial charge in [-0.15, -0.1) is 12.4 Å². The second-order valence-electron chi connectivity index (χ2n) is 4.52. The monoisotopic (exact) mass is 272 g/mol. The zero-order valence-corrected chi connectivity index (χ0v) is 11.4. The SMILES string of the molecule is Cc1cc(C(=O)N2CCNC[C@H]2C)ccc1F.Cl. The summed E-state index contributed by atoms with van der Waals surface area (Å²) in [6.45, 7) is 6.02. The van der Waals surface area contributed by atoms with Crippen molar-refractivity contribution < 1.29 is 9.18 Å². The third-order valence-electron chi connectivity index (χ3n) is 3.17. The molecule has 0 unspecified atom stereocenters. The van der Waals surface area contributed by atoms with Crippen LogP contribution in [0.3, 0.4) is 0 Å². The lowest BCUT2D eigenvalue weighted by molar-refractivity contribution is 0.0655. The van der Waals surface area contributed by atoms with Crippen LogP contribution in [0, 0.1) is 12.7 Å². The highest BCUT2D eigenvalue weighted by molar-refractivity contribution is 5.94. The van der Waals surface area contributed by atoms with Crippen LogP contribution in [-0.2, 0) is 0 Å². The number of aryl methyl sites for hydroxylation is 1. The van der Waals surface area contributed by atoms with Crippen molar-refractivity contribution in [3.05, 3.63) is 35.1 Å². The van der Waals surface area contributed by atoms with Crippen molar-refractivity contribution in [3.63, 3.8) is 0 Å². The number of carbonyl (C=O) groups is 1. The number of piperazine rings is 1. The first-order valence-electron chi connectivity index (χ1n) is 5.87. The van der Waals surface area contributed by atoms with Crippen LogP contribution in [0.25, 0.3) is 0 Å². The summed E-state index contributed by atoms with van der Waals surface area (Å²) >= 11 is 0. The summed E-state index contributed by atoms with van der Waals surface area (Å²) in [5, 5.41) is 3.24. The van der Waals surface area contributed by atoms with Crippen LogP contribution in [0.4, 0.5) is 4.39 Å². The van der Waals surface area contributed by atoms with Gasteiger partial charge in [-0.3, -0.25) is 4.79 Å². The van der Waals surface area contributed by atoms with Crippen LogP contribution in [0.2, 0.25) is 0 Å². The molecular formula is C13H18ClFN2O. The highest BCUT2D eigenvalue weighted by atomic mass is 35.5. The highest BCUT2D eigenvalue weighted by Gasteiger charge is 2.24. The van der Waals surface area contributed by atoms with Gasteiger partial charge >= 0.3 is 0 Å². The van der Waals surface area contributed by atoms with Crippen LogP contribution >= 0.6 is 12.4 Å². The second-order valence-corrected chi connectivity index (χ2v) is 4.52. The number of carbonyl (C=O) groups excluding carboxylic acids is 1.